The van der Waals surface area contributed by atoms with Crippen LogP contribution in [0.2, 0.25) is 0 Å². The van der Waals surface area contributed by atoms with Crippen LogP contribution in [-0.2, 0) is 14.6 Å². The van der Waals surface area contributed by atoms with Crippen molar-refractivity contribution in [3.05, 3.63) is 0 Å². The maximum absolute atomic E-state index is 10.00. The molecule has 0 atom stereocenters. The van der Waals surface area contributed by atoms with E-state index in [4.69, 9.17) is 4.55 Å². The molecule has 6 heteroatoms. The molecule has 0 fully saturated rings. The molecule has 4 nitrogen and oxygen atoms in total. The summed E-state index contributed by atoms with van der Waals surface area (Å²) in [6.07, 6.45) is 3.76. The quantitative estimate of drug-likeness (QED) is 0.314. The molecule has 0 aliphatic carbocycles. The Balaban J connectivity index is -0.000000500. The van der Waals surface area contributed by atoms with Crippen molar-refractivity contribution in [2.45, 2.75) is 32.6 Å². The molecule has 0 saturated carbocycles. The third kappa shape index (κ3) is 13.1. The summed E-state index contributed by atoms with van der Waals surface area (Å²) in [5, 5.41) is 0. The Labute approximate surface area is 87.3 Å². The van der Waals surface area contributed by atoms with Gasteiger partial charge in [-0.25, -0.2) is 4.18 Å². The van der Waals surface area contributed by atoms with Gasteiger partial charge in [0.1, 0.15) is 0 Å². The second-order valence-corrected chi connectivity index (χ2v) is 3.40. The first-order valence-corrected chi connectivity index (χ1v) is 5.04. The van der Waals surface area contributed by atoms with Gasteiger partial charge in [-0.2, -0.15) is 8.42 Å². The van der Waals surface area contributed by atoms with E-state index in [-0.39, 0.29) is 26.9 Å². The predicted octanol–water partition coefficient (Wildman–Crippen LogP) is -1.50. The van der Waals surface area contributed by atoms with Crippen molar-refractivity contribution in [1.82, 2.24) is 0 Å². The van der Waals surface area contributed by atoms with Crippen molar-refractivity contribution in [2.75, 3.05) is 6.61 Å². The van der Waals surface area contributed by atoms with Crippen LogP contribution in [0, 0.1) is 0 Å². The average molecular weight is 190 g/mol. The second kappa shape index (κ2) is 8.08. The molecule has 0 aliphatic rings. The minimum Gasteiger partial charge on any atom is -1.00 e. The molecule has 0 unspecified atom stereocenters. The van der Waals surface area contributed by atoms with Crippen LogP contribution in [0.4, 0.5) is 0 Å². The second-order valence-electron chi connectivity index (χ2n) is 2.31. The monoisotopic (exact) mass is 190 g/mol. The molecule has 0 aromatic carbocycles. The third-order valence-electron chi connectivity index (χ3n) is 1.23. The van der Waals surface area contributed by atoms with Gasteiger partial charge in [0.2, 0.25) is 0 Å². The Hall–Kier alpha value is 0.467. The summed E-state index contributed by atoms with van der Waals surface area (Å²) in [6.45, 7) is 2.14. The van der Waals surface area contributed by atoms with Gasteiger partial charge >= 0.3 is 29.3 Å². The molecule has 0 heterocycles. The molecular formula is C6H15LiO4S. The number of hydrogen-bond donors (Lipinski definition) is 1. The smallest absolute Gasteiger partial charge is 1.00 e. The molecule has 0 bridgehead atoms. The van der Waals surface area contributed by atoms with Crippen LogP contribution in [0.25, 0.3) is 0 Å². The molecule has 0 radical (unpaired) electrons. The summed E-state index contributed by atoms with van der Waals surface area (Å²) in [6, 6.07) is 0. The minimum absolute atomic E-state index is 0. The zero-order valence-electron chi connectivity index (χ0n) is 8.62. The van der Waals surface area contributed by atoms with E-state index in [2.05, 4.69) is 11.1 Å². The molecular weight excluding hydrogens is 175 g/mol. The molecule has 0 saturated heterocycles. The van der Waals surface area contributed by atoms with Crippen molar-refractivity contribution in [2.24, 2.45) is 0 Å². The van der Waals surface area contributed by atoms with E-state index in [9.17, 15) is 8.42 Å². The van der Waals surface area contributed by atoms with E-state index in [0.717, 1.165) is 19.3 Å². The summed E-state index contributed by atoms with van der Waals surface area (Å²) in [7, 11) is -4.21. The summed E-state index contributed by atoms with van der Waals surface area (Å²) in [5.41, 5.74) is 0. The fourth-order valence-corrected chi connectivity index (χ4v) is 1.02. The van der Waals surface area contributed by atoms with Crippen LogP contribution in [0.5, 0.6) is 0 Å². The zero-order valence-corrected chi connectivity index (χ0v) is 8.43. The SMILES string of the molecule is CCCCCCOS(=O)(=O)O.[H-].[Li+]. The van der Waals surface area contributed by atoms with Crippen LogP contribution in [-0.4, -0.2) is 19.6 Å². The number of hydrogen-bond acceptors (Lipinski definition) is 3. The Morgan fingerprint density at radius 1 is 1.33 bits per heavy atom. The standard InChI is InChI=1S/C6H14O4S.Li.H/c1-2-3-4-5-6-10-11(7,8)9;;/h2-6H2,1H3,(H,7,8,9);;/q;+1;-1. The van der Waals surface area contributed by atoms with Gasteiger partial charge in [-0.3, -0.25) is 4.55 Å². The molecule has 0 rings (SSSR count). The van der Waals surface area contributed by atoms with Crippen molar-refractivity contribution < 1.29 is 37.4 Å². The van der Waals surface area contributed by atoms with Gasteiger partial charge in [-0.1, -0.05) is 26.2 Å². The summed E-state index contributed by atoms with van der Waals surface area (Å²) >= 11 is 0. The van der Waals surface area contributed by atoms with Gasteiger partial charge in [0.25, 0.3) is 0 Å². The first kappa shape index (κ1) is 15.0. The first-order chi connectivity index (χ1) is 5.06. The zero-order chi connectivity index (χ0) is 8.74. The molecule has 0 spiro atoms. The fourth-order valence-electron chi connectivity index (χ4n) is 0.693. The maximum atomic E-state index is 10.00. The van der Waals surface area contributed by atoms with Crippen LogP contribution in [0.1, 0.15) is 34.0 Å². The van der Waals surface area contributed by atoms with E-state index in [1.54, 1.807) is 0 Å². The first-order valence-electron chi connectivity index (χ1n) is 3.68. The van der Waals surface area contributed by atoms with Crippen LogP contribution >= 0.6 is 0 Å². The summed E-state index contributed by atoms with van der Waals surface area (Å²) in [5.74, 6) is 0. The normalized spacial score (nSPS) is 10.8. The molecule has 0 aliphatic heterocycles. The van der Waals surface area contributed by atoms with E-state index in [0.29, 0.717) is 6.42 Å². The van der Waals surface area contributed by atoms with Gasteiger partial charge in [0.15, 0.2) is 0 Å². The number of rotatable bonds is 6. The maximum Gasteiger partial charge on any atom is 1.00 e. The Morgan fingerprint density at radius 2 is 1.92 bits per heavy atom. The van der Waals surface area contributed by atoms with Crippen molar-refractivity contribution in [3.8, 4) is 0 Å². The van der Waals surface area contributed by atoms with Crippen LogP contribution < -0.4 is 18.9 Å². The van der Waals surface area contributed by atoms with Crippen LogP contribution in [0.15, 0.2) is 0 Å². The Kier molecular flexibility index (Phi) is 10.1. The van der Waals surface area contributed by atoms with Crippen LogP contribution in [0.3, 0.4) is 0 Å². The molecule has 0 aromatic rings. The van der Waals surface area contributed by atoms with E-state index >= 15 is 0 Å². The molecule has 0 amide bonds. The van der Waals surface area contributed by atoms with E-state index in [1.165, 1.54) is 0 Å². The van der Waals surface area contributed by atoms with Gasteiger partial charge in [-0.15, -0.1) is 0 Å². The van der Waals surface area contributed by atoms with Crippen molar-refractivity contribution in [1.29, 1.82) is 0 Å². The summed E-state index contributed by atoms with van der Waals surface area (Å²) < 4.78 is 32.2. The molecule has 70 valence electrons. The minimum atomic E-state index is -4.21. The third-order valence-corrected chi connectivity index (χ3v) is 1.69. The topological polar surface area (TPSA) is 63.6 Å². The summed E-state index contributed by atoms with van der Waals surface area (Å²) in [4.78, 5) is 0. The Morgan fingerprint density at radius 3 is 2.33 bits per heavy atom. The van der Waals surface area contributed by atoms with Gasteiger partial charge in [0.05, 0.1) is 6.61 Å². The van der Waals surface area contributed by atoms with E-state index < -0.39 is 10.4 Å². The average Bonchev–Trinajstić information content (AvgIpc) is 1.85. The fraction of sp³-hybridized carbons (Fsp3) is 1.00. The molecule has 1 N–H and O–H groups in total. The van der Waals surface area contributed by atoms with Gasteiger partial charge in [0, 0.05) is 0 Å². The van der Waals surface area contributed by atoms with Crippen molar-refractivity contribution in [3.63, 3.8) is 0 Å². The van der Waals surface area contributed by atoms with Gasteiger partial charge in [-0.05, 0) is 6.42 Å². The number of unbranched alkanes of at least 4 members (excludes halogenated alkanes) is 3. The predicted molar refractivity (Wildman–Crippen MR) is 42.8 cm³/mol. The van der Waals surface area contributed by atoms with Gasteiger partial charge < -0.3 is 1.43 Å². The molecule has 12 heavy (non-hydrogen) atoms. The Bertz CT molecular complexity index is 183. The molecule has 0 aromatic heterocycles. The largest absolute Gasteiger partial charge is 1.00 e. The van der Waals surface area contributed by atoms with Crippen molar-refractivity contribution >= 4 is 10.4 Å². The van der Waals surface area contributed by atoms with E-state index in [1.807, 2.05) is 0 Å².